The van der Waals surface area contributed by atoms with Gasteiger partial charge in [-0.2, -0.15) is 0 Å². The average molecular weight is 359 g/mol. The number of benzene rings is 1. The van der Waals surface area contributed by atoms with Crippen LogP contribution in [-0.2, 0) is 11.2 Å². The Labute approximate surface area is 155 Å². The van der Waals surface area contributed by atoms with Crippen LogP contribution >= 0.6 is 0 Å². The van der Waals surface area contributed by atoms with Crippen molar-refractivity contribution >= 4 is 28.7 Å². The lowest BCUT2D eigenvalue weighted by Gasteiger charge is -2.15. The highest BCUT2D eigenvalue weighted by molar-refractivity contribution is 5.94. The van der Waals surface area contributed by atoms with E-state index >= 15 is 0 Å². The summed E-state index contributed by atoms with van der Waals surface area (Å²) in [4.78, 5) is 35.0. The number of carbonyl (C=O) groups is 2. The van der Waals surface area contributed by atoms with E-state index in [-0.39, 0.29) is 11.8 Å². The smallest absolute Gasteiger partial charge is 0.287 e. The van der Waals surface area contributed by atoms with Gasteiger partial charge in [0.1, 0.15) is 5.82 Å². The van der Waals surface area contributed by atoms with E-state index in [0.717, 1.165) is 22.2 Å². The van der Waals surface area contributed by atoms with Crippen LogP contribution < -0.4 is 10.6 Å². The molecule has 3 heterocycles. The number of aromatic amines is 1. The van der Waals surface area contributed by atoms with E-state index in [1.807, 2.05) is 30.3 Å². The number of carbonyl (C=O) groups excluding carboxylic acids is 2. The molecular formula is C20H17N5O2. The van der Waals surface area contributed by atoms with Gasteiger partial charge in [0, 0.05) is 31.1 Å². The minimum absolute atomic E-state index is 0.00553. The van der Waals surface area contributed by atoms with E-state index in [1.165, 1.54) is 0 Å². The average Bonchev–Trinajstić information content (AvgIpc) is 3.12. The van der Waals surface area contributed by atoms with Crippen molar-refractivity contribution in [3.63, 3.8) is 0 Å². The predicted molar refractivity (Wildman–Crippen MR) is 101 cm³/mol. The molecule has 1 aliphatic rings. The molecule has 0 radical (unpaired) electrons. The molecule has 0 spiro atoms. The number of para-hydroxylation sites is 2. The Bertz CT molecular complexity index is 1060. The van der Waals surface area contributed by atoms with Gasteiger partial charge < -0.3 is 15.6 Å². The van der Waals surface area contributed by atoms with Gasteiger partial charge in [0.15, 0.2) is 5.82 Å². The van der Waals surface area contributed by atoms with E-state index in [9.17, 15) is 9.59 Å². The first-order valence-electron chi connectivity index (χ1n) is 8.69. The summed E-state index contributed by atoms with van der Waals surface area (Å²) in [7, 11) is 0. The van der Waals surface area contributed by atoms with Crippen LogP contribution in [0.15, 0.2) is 36.5 Å². The number of hydrogen-bond acceptors (Lipinski definition) is 4. The molecular weight excluding hydrogens is 342 g/mol. The Morgan fingerprint density at radius 1 is 1.26 bits per heavy atom. The monoisotopic (exact) mass is 359 g/mol. The molecule has 0 fully saturated rings. The quantitative estimate of drug-likeness (QED) is 0.492. The van der Waals surface area contributed by atoms with Crippen LogP contribution in [0.5, 0.6) is 0 Å². The fraction of sp³-hybridized carbons (Fsp3) is 0.200. The van der Waals surface area contributed by atoms with Crippen molar-refractivity contribution in [3.8, 4) is 11.8 Å². The molecule has 4 rings (SSSR count). The van der Waals surface area contributed by atoms with Crippen LogP contribution in [-0.4, -0.2) is 33.3 Å². The molecule has 27 heavy (non-hydrogen) atoms. The summed E-state index contributed by atoms with van der Waals surface area (Å²) in [5.41, 5.74) is 3.39. The molecule has 3 N–H and O–H groups in total. The van der Waals surface area contributed by atoms with Crippen LogP contribution in [0.1, 0.15) is 34.6 Å². The molecule has 0 unspecified atom stereocenters. The maximum atomic E-state index is 12.1. The summed E-state index contributed by atoms with van der Waals surface area (Å²) >= 11 is 0. The van der Waals surface area contributed by atoms with Crippen LogP contribution in [0.25, 0.3) is 11.0 Å². The number of nitrogens with one attached hydrogen (secondary N) is 3. The number of aryl methyl sites for hydroxylation is 1. The van der Waals surface area contributed by atoms with Crippen molar-refractivity contribution < 1.29 is 9.59 Å². The number of imidazole rings is 1. The molecule has 0 atom stereocenters. The van der Waals surface area contributed by atoms with E-state index in [4.69, 9.17) is 0 Å². The third-order valence-electron chi connectivity index (χ3n) is 4.22. The highest BCUT2D eigenvalue weighted by Crippen LogP contribution is 2.20. The zero-order chi connectivity index (χ0) is 18.6. The fourth-order valence-electron chi connectivity index (χ4n) is 2.87. The number of rotatable bonds is 3. The highest BCUT2D eigenvalue weighted by atomic mass is 16.2. The standard InChI is InChI=1S/C20H17N5O2/c26-17-9-8-14-11-13(12-22-18(14)25-17)5-3-4-10-21-20(27)19-23-15-6-1-2-7-16(15)24-19/h1-2,6-7,11-12H,4,8-10H2,(H,21,27)(H,23,24)(H,22,25,26). The molecule has 2 aromatic heterocycles. The number of anilines is 1. The summed E-state index contributed by atoms with van der Waals surface area (Å²) in [5, 5.41) is 5.55. The molecule has 1 aromatic carbocycles. The third-order valence-corrected chi connectivity index (χ3v) is 4.22. The summed E-state index contributed by atoms with van der Waals surface area (Å²) in [5.74, 6) is 6.73. The van der Waals surface area contributed by atoms with Crippen LogP contribution in [0.4, 0.5) is 5.82 Å². The first-order valence-corrected chi connectivity index (χ1v) is 8.69. The number of pyridine rings is 1. The summed E-state index contributed by atoms with van der Waals surface area (Å²) in [6.07, 6.45) is 3.31. The van der Waals surface area contributed by atoms with E-state index in [1.54, 1.807) is 6.20 Å². The van der Waals surface area contributed by atoms with Crippen molar-refractivity contribution in [2.24, 2.45) is 0 Å². The van der Waals surface area contributed by atoms with Gasteiger partial charge in [-0.15, -0.1) is 0 Å². The van der Waals surface area contributed by atoms with Crippen molar-refractivity contribution in [2.45, 2.75) is 19.3 Å². The summed E-state index contributed by atoms with van der Waals surface area (Å²) in [6, 6.07) is 9.45. The predicted octanol–water partition coefficient (Wildman–Crippen LogP) is 2.01. The molecule has 7 heteroatoms. The second-order valence-electron chi connectivity index (χ2n) is 6.19. The zero-order valence-corrected chi connectivity index (χ0v) is 14.5. The van der Waals surface area contributed by atoms with Gasteiger partial charge in [0.2, 0.25) is 5.91 Å². The molecule has 1 aliphatic heterocycles. The molecule has 0 bridgehead atoms. The minimum atomic E-state index is -0.251. The first-order chi connectivity index (χ1) is 13.2. The second-order valence-corrected chi connectivity index (χ2v) is 6.19. The molecule has 3 aromatic rings. The highest BCUT2D eigenvalue weighted by Gasteiger charge is 2.15. The Hall–Kier alpha value is -3.66. The van der Waals surface area contributed by atoms with Crippen molar-refractivity contribution in [1.29, 1.82) is 0 Å². The number of amides is 2. The Morgan fingerprint density at radius 2 is 2.15 bits per heavy atom. The van der Waals surface area contributed by atoms with Gasteiger partial charge in [0.25, 0.3) is 5.91 Å². The SMILES string of the molecule is O=C1CCc2cc(C#CCCNC(=O)c3nc4ccccc4[nH]3)cnc2N1. The Kier molecular flexibility index (Phi) is 4.54. The van der Waals surface area contributed by atoms with Crippen LogP contribution in [0, 0.1) is 11.8 Å². The molecule has 134 valence electrons. The van der Waals surface area contributed by atoms with Gasteiger partial charge in [-0.05, 0) is 30.2 Å². The normalized spacial score (nSPS) is 12.7. The van der Waals surface area contributed by atoms with Gasteiger partial charge in [-0.3, -0.25) is 9.59 Å². The van der Waals surface area contributed by atoms with Crippen molar-refractivity contribution in [3.05, 3.63) is 53.5 Å². The lowest BCUT2D eigenvalue weighted by Crippen LogP contribution is -2.25. The van der Waals surface area contributed by atoms with Crippen LogP contribution in [0.3, 0.4) is 0 Å². The van der Waals surface area contributed by atoms with Crippen molar-refractivity contribution in [2.75, 3.05) is 11.9 Å². The van der Waals surface area contributed by atoms with Crippen LogP contribution in [0.2, 0.25) is 0 Å². The molecule has 0 saturated carbocycles. The topological polar surface area (TPSA) is 99.8 Å². The third kappa shape index (κ3) is 3.80. The number of fused-ring (bicyclic) bond motifs is 2. The summed E-state index contributed by atoms with van der Waals surface area (Å²) < 4.78 is 0. The fourth-order valence-corrected chi connectivity index (χ4v) is 2.87. The van der Waals surface area contributed by atoms with E-state index in [2.05, 4.69) is 37.4 Å². The number of H-pyrrole nitrogens is 1. The van der Waals surface area contributed by atoms with Gasteiger partial charge in [0.05, 0.1) is 11.0 Å². The lowest BCUT2D eigenvalue weighted by molar-refractivity contribution is -0.116. The van der Waals surface area contributed by atoms with E-state index < -0.39 is 0 Å². The maximum Gasteiger partial charge on any atom is 0.287 e. The maximum absolute atomic E-state index is 12.1. The van der Waals surface area contributed by atoms with Gasteiger partial charge in [-0.25, -0.2) is 9.97 Å². The van der Waals surface area contributed by atoms with Gasteiger partial charge >= 0.3 is 0 Å². The Morgan fingerprint density at radius 3 is 3.04 bits per heavy atom. The van der Waals surface area contributed by atoms with E-state index in [0.29, 0.717) is 37.4 Å². The Balaban J connectivity index is 1.31. The second kappa shape index (κ2) is 7.30. The minimum Gasteiger partial charge on any atom is -0.348 e. The molecule has 2 amide bonds. The molecule has 7 nitrogen and oxygen atoms in total. The molecule has 0 aliphatic carbocycles. The first kappa shape index (κ1) is 16.8. The number of nitrogens with zero attached hydrogens (tertiary/aromatic N) is 2. The van der Waals surface area contributed by atoms with Gasteiger partial charge in [-0.1, -0.05) is 24.0 Å². The zero-order valence-electron chi connectivity index (χ0n) is 14.5. The lowest BCUT2D eigenvalue weighted by atomic mass is 10.1. The number of aromatic nitrogens is 3. The van der Waals surface area contributed by atoms with Crippen molar-refractivity contribution in [1.82, 2.24) is 20.3 Å². The number of hydrogen-bond donors (Lipinski definition) is 3. The molecule has 0 saturated heterocycles. The summed E-state index contributed by atoms with van der Waals surface area (Å²) in [6.45, 7) is 0.428. The largest absolute Gasteiger partial charge is 0.348 e.